The Bertz CT molecular complexity index is 1250. The molecule has 5 rings (SSSR count). The molecule has 1 aromatic heterocycles. The summed E-state index contributed by atoms with van der Waals surface area (Å²) in [6.07, 6.45) is 8.24. The maximum atomic E-state index is 13.6. The highest BCUT2D eigenvalue weighted by atomic mass is 19.1. The van der Waals surface area contributed by atoms with Gasteiger partial charge in [-0.3, -0.25) is 9.78 Å². The predicted octanol–water partition coefficient (Wildman–Crippen LogP) is 4.78. The van der Waals surface area contributed by atoms with Crippen molar-refractivity contribution in [3.63, 3.8) is 0 Å². The first-order chi connectivity index (χ1) is 18.8. The van der Waals surface area contributed by atoms with Crippen molar-refractivity contribution in [2.75, 3.05) is 13.7 Å². The summed E-state index contributed by atoms with van der Waals surface area (Å²) in [6, 6.07) is 10.2. The molecule has 9 heteroatoms. The zero-order valence-electron chi connectivity index (χ0n) is 22.0. The van der Waals surface area contributed by atoms with Gasteiger partial charge < -0.3 is 19.5 Å². The first kappa shape index (κ1) is 26.8. The third kappa shape index (κ3) is 5.97. The fraction of sp³-hybridized carbons (Fsp3) is 0.467. The van der Waals surface area contributed by atoms with Gasteiger partial charge in [-0.25, -0.2) is 14.0 Å². The fourth-order valence-corrected chi connectivity index (χ4v) is 6.69. The number of alkyl carbamates (subject to hydrolysis) is 1. The average molecular weight is 537 g/mol. The lowest BCUT2D eigenvalue weighted by Crippen LogP contribution is -2.48. The minimum absolute atomic E-state index is 0.0931. The number of cyclic esters (lactones) is 1. The van der Waals surface area contributed by atoms with Crippen LogP contribution in [0.5, 0.6) is 0 Å². The fourth-order valence-electron chi connectivity index (χ4n) is 6.69. The largest absolute Gasteiger partial charge is 0.466 e. The number of rotatable bonds is 6. The summed E-state index contributed by atoms with van der Waals surface area (Å²) in [6.45, 7) is 1.54. The van der Waals surface area contributed by atoms with Crippen LogP contribution in [0.2, 0.25) is 0 Å². The van der Waals surface area contributed by atoms with Crippen LogP contribution in [0.4, 0.5) is 9.18 Å². The highest BCUT2D eigenvalue weighted by Crippen LogP contribution is 2.53. The van der Waals surface area contributed by atoms with Gasteiger partial charge in [0.1, 0.15) is 11.9 Å². The van der Waals surface area contributed by atoms with Crippen molar-refractivity contribution >= 4 is 24.1 Å². The Balaban J connectivity index is 1.29. The number of hydrogen-bond acceptors (Lipinski definition) is 7. The first-order valence-electron chi connectivity index (χ1n) is 13.4. The molecule has 1 saturated heterocycles. The molecule has 8 nitrogen and oxygen atoms in total. The van der Waals surface area contributed by atoms with Gasteiger partial charge in [-0.2, -0.15) is 0 Å². The van der Waals surface area contributed by atoms with Gasteiger partial charge in [0.15, 0.2) is 6.61 Å². The number of esters is 2. The number of allylic oxidation sites excluding steroid dienone is 1. The normalized spacial score (nSPS) is 29.7. The predicted molar refractivity (Wildman–Crippen MR) is 140 cm³/mol. The van der Waals surface area contributed by atoms with Gasteiger partial charge in [-0.1, -0.05) is 24.3 Å². The van der Waals surface area contributed by atoms with Crippen molar-refractivity contribution in [1.82, 2.24) is 10.3 Å². The number of halogens is 1. The van der Waals surface area contributed by atoms with Gasteiger partial charge >= 0.3 is 18.0 Å². The topological polar surface area (TPSA) is 104 Å². The molecule has 2 heterocycles. The minimum atomic E-state index is -0.643. The Hall–Kier alpha value is -3.75. The van der Waals surface area contributed by atoms with Gasteiger partial charge in [0, 0.05) is 23.7 Å². The number of ether oxygens (including phenoxy) is 3. The van der Waals surface area contributed by atoms with Crippen LogP contribution in [0.3, 0.4) is 0 Å². The minimum Gasteiger partial charge on any atom is -0.466 e. The Morgan fingerprint density at radius 3 is 2.77 bits per heavy atom. The second-order valence-electron chi connectivity index (χ2n) is 10.7. The number of aromatic nitrogens is 1. The van der Waals surface area contributed by atoms with Gasteiger partial charge in [0.25, 0.3) is 0 Å². The molecule has 0 spiro atoms. The molecule has 0 bridgehead atoms. The van der Waals surface area contributed by atoms with Crippen LogP contribution in [-0.4, -0.2) is 48.9 Å². The summed E-state index contributed by atoms with van der Waals surface area (Å²) in [7, 11) is 1.24. The molecule has 0 radical (unpaired) electrons. The van der Waals surface area contributed by atoms with E-state index in [0.717, 1.165) is 42.5 Å². The molecule has 3 fully saturated rings. The number of nitrogens with zero attached hydrogens (tertiary/aromatic N) is 1. The second-order valence-corrected chi connectivity index (χ2v) is 10.7. The van der Waals surface area contributed by atoms with E-state index in [0.29, 0.717) is 5.92 Å². The standard InChI is InChI=1S/C30H33FN2O6/c1-17-28-25(11-8-22-7-6-19(15-32-22)18-4-3-5-21(31)12-18)24-10-9-23(33-30(36)38-16-27(34)37-2)13-20(24)14-26(28)29(35)39-17/h3-8,11-12,15,17,20,23-26,28H,9-10,13-14,16H2,1-2H3,(H,33,36)/t17-,20+,23-,24-,25+,26-,28+/m1/s1. The lowest BCUT2D eigenvalue weighted by Gasteiger charge is -2.47. The van der Waals surface area contributed by atoms with Crippen molar-refractivity contribution in [2.24, 2.45) is 29.6 Å². The Kier molecular flexibility index (Phi) is 7.95. The highest BCUT2D eigenvalue weighted by Gasteiger charge is 2.54. The third-order valence-electron chi connectivity index (χ3n) is 8.45. The molecule has 2 aliphatic carbocycles. The van der Waals surface area contributed by atoms with Gasteiger partial charge in [0.05, 0.1) is 18.7 Å². The maximum Gasteiger partial charge on any atom is 0.407 e. The molecular weight excluding hydrogens is 503 g/mol. The van der Waals surface area contributed by atoms with Crippen LogP contribution >= 0.6 is 0 Å². The smallest absolute Gasteiger partial charge is 0.407 e. The zero-order chi connectivity index (χ0) is 27.5. The summed E-state index contributed by atoms with van der Waals surface area (Å²) in [4.78, 5) is 40.7. The Morgan fingerprint density at radius 1 is 1.18 bits per heavy atom. The number of benzene rings is 1. The summed E-state index contributed by atoms with van der Waals surface area (Å²) >= 11 is 0. The SMILES string of the molecule is COC(=O)COC(=O)N[C@@H]1CC[C@@H]2[C@@H](C1)C[C@H]1C(=O)O[C@H](C)[C@H]1[C@H]2C=Cc1ccc(-c2cccc(F)c2)cn1. The molecule has 2 saturated carbocycles. The summed E-state index contributed by atoms with van der Waals surface area (Å²) < 4.78 is 28.7. The van der Waals surface area contributed by atoms with Gasteiger partial charge in [-0.15, -0.1) is 0 Å². The quantitative estimate of drug-likeness (QED) is 0.419. The molecule has 1 aromatic carbocycles. The van der Waals surface area contributed by atoms with Crippen molar-refractivity contribution in [3.8, 4) is 11.1 Å². The van der Waals surface area contributed by atoms with E-state index in [1.165, 1.54) is 19.2 Å². The summed E-state index contributed by atoms with van der Waals surface area (Å²) in [5.41, 5.74) is 2.39. The van der Waals surface area contributed by atoms with Crippen molar-refractivity contribution in [1.29, 1.82) is 0 Å². The molecule has 3 aliphatic rings. The average Bonchev–Trinajstić information content (AvgIpc) is 3.22. The van der Waals surface area contributed by atoms with Crippen molar-refractivity contribution < 1.29 is 33.0 Å². The Labute approximate surface area is 226 Å². The monoisotopic (exact) mass is 536 g/mol. The maximum absolute atomic E-state index is 13.6. The second kappa shape index (κ2) is 11.6. The number of fused-ring (bicyclic) bond motifs is 2. The van der Waals surface area contributed by atoms with E-state index in [4.69, 9.17) is 9.47 Å². The molecule has 1 amide bonds. The highest BCUT2D eigenvalue weighted by molar-refractivity contribution is 5.76. The molecule has 0 unspecified atom stereocenters. The third-order valence-corrected chi connectivity index (χ3v) is 8.45. The number of carbonyl (C=O) groups is 3. The lowest BCUT2D eigenvalue weighted by atomic mass is 9.57. The van der Waals surface area contributed by atoms with E-state index in [9.17, 15) is 18.8 Å². The van der Waals surface area contributed by atoms with Gasteiger partial charge in [-0.05, 0) is 80.2 Å². The summed E-state index contributed by atoms with van der Waals surface area (Å²) in [5, 5.41) is 2.87. The van der Waals surface area contributed by atoms with E-state index in [1.807, 2.05) is 31.2 Å². The van der Waals surface area contributed by atoms with E-state index >= 15 is 0 Å². The van der Waals surface area contributed by atoms with Gasteiger partial charge in [0.2, 0.25) is 0 Å². The number of pyridine rings is 1. The van der Waals surface area contributed by atoms with E-state index in [1.54, 1.807) is 12.3 Å². The molecule has 2 aromatic rings. The van der Waals surface area contributed by atoms with Crippen LogP contribution in [0.15, 0.2) is 48.7 Å². The van der Waals surface area contributed by atoms with E-state index in [2.05, 4.69) is 21.1 Å². The number of amides is 1. The molecular formula is C30H33FN2O6. The van der Waals surface area contributed by atoms with E-state index in [-0.39, 0.29) is 47.6 Å². The number of carbonyl (C=O) groups excluding carboxylic acids is 3. The lowest BCUT2D eigenvalue weighted by molar-refractivity contribution is -0.145. The van der Waals surface area contributed by atoms with Crippen LogP contribution < -0.4 is 5.32 Å². The molecule has 1 N–H and O–H groups in total. The number of nitrogens with one attached hydrogen (secondary N) is 1. The van der Waals surface area contributed by atoms with E-state index < -0.39 is 18.7 Å². The molecule has 206 valence electrons. The number of hydrogen-bond donors (Lipinski definition) is 1. The first-order valence-corrected chi connectivity index (χ1v) is 13.4. The van der Waals surface area contributed by atoms with Crippen LogP contribution in [-0.2, 0) is 23.8 Å². The molecule has 7 atom stereocenters. The molecule has 1 aliphatic heterocycles. The zero-order valence-corrected chi connectivity index (χ0v) is 22.0. The summed E-state index contributed by atoms with van der Waals surface area (Å²) in [5.74, 6) is -0.420. The van der Waals surface area contributed by atoms with Crippen LogP contribution in [0.1, 0.15) is 38.3 Å². The Morgan fingerprint density at radius 2 is 2.03 bits per heavy atom. The number of methoxy groups -OCH3 is 1. The van der Waals surface area contributed by atoms with Crippen LogP contribution in [0, 0.1) is 35.4 Å². The van der Waals surface area contributed by atoms with Crippen molar-refractivity contribution in [3.05, 3.63) is 60.2 Å². The van der Waals surface area contributed by atoms with Crippen molar-refractivity contribution in [2.45, 2.75) is 44.8 Å². The van der Waals surface area contributed by atoms with Crippen LogP contribution in [0.25, 0.3) is 17.2 Å². The molecule has 39 heavy (non-hydrogen) atoms.